The Morgan fingerprint density at radius 3 is 2.79 bits per heavy atom. The van der Waals surface area contributed by atoms with Crippen LogP contribution in [0.1, 0.15) is 44.7 Å². The molecule has 2 nitrogen and oxygen atoms in total. The quantitative estimate of drug-likeness (QED) is 0.852. The largest absolute Gasteiger partial charge is 0.314 e. The average molecular weight is 301 g/mol. The predicted octanol–water partition coefficient (Wildman–Crippen LogP) is 4.17. The van der Waals surface area contributed by atoms with Gasteiger partial charge in [0.2, 0.25) is 0 Å². The lowest BCUT2D eigenvalue weighted by Gasteiger charge is -2.23. The summed E-state index contributed by atoms with van der Waals surface area (Å²) < 4.78 is 0. The van der Waals surface area contributed by atoms with E-state index in [0.29, 0.717) is 17.1 Å². The van der Waals surface area contributed by atoms with Crippen molar-refractivity contribution in [2.45, 2.75) is 51.2 Å². The fraction of sp³-hybridized carbons (Fsp3) is 0.600. The molecule has 2 N–H and O–H groups in total. The van der Waals surface area contributed by atoms with Crippen LogP contribution in [-0.2, 0) is 0 Å². The Bertz CT molecular complexity index is 417. The Hall–Kier alpha value is -0.280. The van der Waals surface area contributed by atoms with Crippen molar-refractivity contribution in [2.75, 3.05) is 6.54 Å². The summed E-state index contributed by atoms with van der Waals surface area (Å²) in [5.74, 6) is 0. The second-order valence-corrected chi connectivity index (χ2v) is 6.33. The molecule has 2 rings (SSSR count). The SMILES string of the molecule is CC(CC1CCCN1)NC(C)c1ccc(Cl)cc1Cl. The number of hydrogen-bond donors (Lipinski definition) is 2. The molecule has 0 saturated carbocycles. The summed E-state index contributed by atoms with van der Waals surface area (Å²) in [5, 5.41) is 8.57. The Balaban J connectivity index is 1.90. The van der Waals surface area contributed by atoms with E-state index in [4.69, 9.17) is 23.2 Å². The first-order valence-corrected chi connectivity index (χ1v) is 7.76. The van der Waals surface area contributed by atoms with E-state index in [-0.39, 0.29) is 6.04 Å². The molecular formula is C15H22Cl2N2. The van der Waals surface area contributed by atoms with Gasteiger partial charge in [0.15, 0.2) is 0 Å². The molecule has 1 aromatic carbocycles. The molecule has 1 aliphatic rings. The highest BCUT2D eigenvalue weighted by Gasteiger charge is 2.19. The maximum atomic E-state index is 6.24. The van der Waals surface area contributed by atoms with Gasteiger partial charge in [0.05, 0.1) is 0 Å². The number of hydrogen-bond acceptors (Lipinski definition) is 2. The van der Waals surface area contributed by atoms with Gasteiger partial charge in [0.1, 0.15) is 0 Å². The maximum Gasteiger partial charge on any atom is 0.0468 e. The highest BCUT2D eigenvalue weighted by molar-refractivity contribution is 6.35. The van der Waals surface area contributed by atoms with Crippen molar-refractivity contribution >= 4 is 23.2 Å². The monoisotopic (exact) mass is 300 g/mol. The molecule has 0 aromatic heterocycles. The minimum atomic E-state index is 0.237. The van der Waals surface area contributed by atoms with E-state index in [1.165, 1.54) is 12.8 Å². The van der Waals surface area contributed by atoms with Gasteiger partial charge in [-0.05, 0) is 57.4 Å². The van der Waals surface area contributed by atoms with Gasteiger partial charge < -0.3 is 10.6 Å². The van der Waals surface area contributed by atoms with E-state index in [2.05, 4.69) is 24.5 Å². The molecule has 3 atom stereocenters. The summed E-state index contributed by atoms with van der Waals surface area (Å²) >= 11 is 12.2. The minimum Gasteiger partial charge on any atom is -0.314 e. The second-order valence-electron chi connectivity index (χ2n) is 5.48. The Morgan fingerprint density at radius 2 is 2.16 bits per heavy atom. The van der Waals surface area contributed by atoms with E-state index in [1.54, 1.807) is 6.07 Å². The van der Waals surface area contributed by atoms with E-state index in [1.807, 2.05) is 12.1 Å². The molecule has 0 amide bonds. The standard InChI is InChI=1S/C15H22Cl2N2/c1-10(8-13-4-3-7-18-13)19-11(2)14-6-5-12(16)9-15(14)17/h5-6,9-11,13,18-19H,3-4,7-8H2,1-2H3. The number of nitrogens with one attached hydrogen (secondary N) is 2. The zero-order chi connectivity index (χ0) is 13.8. The first-order valence-electron chi connectivity index (χ1n) is 7.00. The summed E-state index contributed by atoms with van der Waals surface area (Å²) in [6, 6.07) is 7.07. The topological polar surface area (TPSA) is 24.1 Å². The molecule has 1 saturated heterocycles. The fourth-order valence-electron chi connectivity index (χ4n) is 2.82. The molecule has 0 bridgehead atoms. The van der Waals surface area contributed by atoms with Crippen molar-refractivity contribution in [3.63, 3.8) is 0 Å². The van der Waals surface area contributed by atoms with Gasteiger partial charge in [0, 0.05) is 28.2 Å². The number of rotatable bonds is 5. The van der Waals surface area contributed by atoms with Gasteiger partial charge >= 0.3 is 0 Å². The van der Waals surface area contributed by atoms with Crippen LogP contribution in [0.2, 0.25) is 10.0 Å². The van der Waals surface area contributed by atoms with E-state index in [9.17, 15) is 0 Å². The maximum absolute atomic E-state index is 6.24. The lowest BCUT2D eigenvalue weighted by atomic mass is 10.0. The Morgan fingerprint density at radius 1 is 1.37 bits per heavy atom. The lowest BCUT2D eigenvalue weighted by Crippen LogP contribution is -2.35. The highest BCUT2D eigenvalue weighted by Crippen LogP contribution is 2.26. The third-order valence-corrected chi connectivity index (χ3v) is 4.33. The molecule has 1 heterocycles. The fourth-order valence-corrected chi connectivity index (χ4v) is 3.39. The first kappa shape index (κ1) is 15.1. The van der Waals surface area contributed by atoms with Crippen LogP contribution in [0.25, 0.3) is 0 Å². The number of halogens is 2. The van der Waals surface area contributed by atoms with Gasteiger partial charge in [-0.3, -0.25) is 0 Å². The first-order chi connectivity index (χ1) is 9.06. The van der Waals surface area contributed by atoms with Crippen LogP contribution in [0.5, 0.6) is 0 Å². The van der Waals surface area contributed by atoms with Gasteiger partial charge in [-0.25, -0.2) is 0 Å². The predicted molar refractivity (Wildman–Crippen MR) is 83.1 cm³/mol. The minimum absolute atomic E-state index is 0.237. The van der Waals surface area contributed by atoms with Crippen molar-refractivity contribution in [3.8, 4) is 0 Å². The smallest absolute Gasteiger partial charge is 0.0468 e. The van der Waals surface area contributed by atoms with Crippen molar-refractivity contribution in [1.82, 2.24) is 10.6 Å². The summed E-state index contributed by atoms with van der Waals surface area (Å²) in [7, 11) is 0. The molecule has 3 unspecified atom stereocenters. The molecule has 1 aliphatic heterocycles. The van der Waals surface area contributed by atoms with Crippen LogP contribution in [0.15, 0.2) is 18.2 Å². The molecule has 4 heteroatoms. The van der Waals surface area contributed by atoms with Crippen LogP contribution >= 0.6 is 23.2 Å². The van der Waals surface area contributed by atoms with Gasteiger partial charge in [-0.15, -0.1) is 0 Å². The molecule has 0 aliphatic carbocycles. The van der Waals surface area contributed by atoms with Gasteiger partial charge in [-0.2, -0.15) is 0 Å². The highest BCUT2D eigenvalue weighted by atomic mass is 35.5. The Kier molecular flexibility index (Phi) is 5.52. The number of benzene rings is 1. The van der Waals surface area contributed by atoms with Crippen LogP contribution in [0, 0.1) is 0 Å². The van der Waals surface area contributed by atoms with E-state index >= 15 is 0 Å². The van der Waals surface area contributed by atoms with Crippen molar-refractivity contribution in [3.05, 3.63) is 33.8 Å². The van der Waals surface area contributed by atoms with E-state index in [0.717, 1.165) is 23.6 Å². The van der Waals surface area contributed by atoms with Crippen LogP contribution in [-0.4, -0.2) is 18.6 Å². The van der Waals surface area contributed by atoms with Crippen LogP contribution in [0.3, 0.4) is 0 Å². The molecule has 1 aromatic rings. The van der Waals surface area contributed by atoms with Gasteiger partial charge in [0.25, 0.3) is 0 Å². The van der Waals surface area contributed by atoms with Crippen molar-refractivity contribution in [2.24, 2.45) is 0 Å². The molecule has 0 radical (unpaired) electrons. The summed E-state index contributed by atoms with van der Waals surface area (Å²) in [5.41, 5.74) is 1.11. The summed E-state index contributed by atoms with van der Waals surface area (Å²) in [6.07, 6.45) is 3.76. The van der Waals surface area contributed by atoms with Gasteiger partial charge in [-0.1, -0.05) is 29.3 Å². The third kappa shape index (κ3) is 4.35. The normalized spacial score (nSPS) is 22.4. The van der Waals surface area contributed by atoms with Crippen molar-refractivity contribution in [1.29, 1.82) is 0 Å². The molecular weight excluding hydrogens is 279 g/mol. The second kappa shape index (κ2) is 6.94. The summed E-state index contributed by atoms with van der Waals surface area (Å²) in [6.45, 7) is 5.55. The molecule has 1 fully saturated rings. The van der Waals surface area contributed by atoms with Crippen molar-refractivity contribution < 1.29 is 0 Å². The molecule has 19 heavy (non-hydrogen) atoms. The zero-order valence-electron chi connectivity index (χ0n) is 11.5. The molecule has 0 spiro atoms. The Labute approximate surface area is 125 Å². The lowest BCUT2D eigenvalue weighted by molar-refractivity contribution is 0.407. The molecule has 106 valence electrons. The van der Waals surface area contributed by atoms with Crippen LogP contribution < -0.4 is 10.6 Å². The van der Waals surface area contributed by atoms with Crippen LogP contribution in [0.4, 0.5) is 0 Å². The van der Waals surface area contributed by atoms with E-state index < -0.39 is 0 Å². The summed E-state index contributed by atoms with van der Waals surface area (Å²) in [4.78, 5) is 0. The average Bonchev–Trinajstić information content (AvgIpc) is 2.81. The zero-order valence-corrected chi connectivity index (χ0v) is 13.1. The third-order valence-electron chi connectivity index (χ3n) is 3.76.